The summed E-state index contributed by atoms with van der Waals surface area (Å²) in [6, 6.07) is 23.7. The molecule has 0 radical (unpaired) electrons. The van der Waals surface area contributed by atoms with Gasteiger partial charge in [0.25, 0.3) is 5.91 Å². The van der Waals surface area contributed by atoms with Crippen LogP contribution in [0.25, 0.3) is 11.1 Å². The van der Waals surface area contributed by atoms with Gasteiger partial charge in [-0.15, -0.1) is 0 Å². The molecular weight excluding hydrogens is 761 g/mol. The Morgan fingerprint density at radius 1 is 0.900 bits per heavy atom. The molecule has 326 valence electrons. The molecule has 0 saturated carbocycles. The summed E-state index contributed by atoms with van der Waals surface area (Å²) >= 11 is 0. The summed E-state index contributed by atoms with van der Waals surface area (Å²) in [7, 11) is 4.68. The highest BCUT2D eigenvalue weighted by molar-refractivity contribution is 6.07. The highest BCUT2D eigenvalue weighted by Gasteiger charge is 2.51. The van der Waals surface area contributed by atoms with E-state index >= 15 is 0 Å². The van der Waals surface area contributed by atoms with Crippen molar-refractivity contribution < 1.29 is 38.5 Å². The van der Waals surface area contributed by atoms with Crippen LogP contribution in [0.15, 0.2) is 78.9 Å². The van der Waals surface area contributed by atoms with E-state index in [9.17, 15) is 24.3 Å². The summed E-state index contributed by atoms with van der Waals surface area (Å²) in [5.74, 6) is -3.51. The van der Waals surface area contributed by atoms with Crippen LogP contribution in [0, 0.1) is 17.8 Å². The molecule has 1 fully saturated rings. The lowest BCUT2D eigenvalue weighted by molar-refractivity contribution is -0.164. The molecule has 5 rings (SSSR count). The number of hydrogen-bond donors (Lipinski definition) is 3. The van der Waals surface area contributed by atoms with Gasteiger partial charge < -0.3 is 40.2 Å². The Morgan fingerprint density at radius 3 is 2.03 bits per heavy atom. The fourth-order valence-electron chi connectivity index (χ4n) is 9.25. The van der Waals surface area contributed by atoms with Gasteiger partial charge in [-0.3, -0.25) is 14.4 Å². The lowest BCUT2D eigenvalue weighted by atomic mass is 9.83. The lowest BCUT2D eigenvalue weighted by Crippen LogP contribution is -2.66. The summed E-state index contributed by atoms with van der Waals surface area (Å²) in [4.78, 5) is 59.9. The molecule has 60 heavy (non-hydrogen) atoms. The van der Waals surface area contributed by atoms with E-state index in [1.807, 2.05) is 80.6 Å². The van der Waals surface area contributed by atoms with Crippen LogP contribution >= 0.6 is 0 Å². The highest BCUT2D eigenvalue weighted by Crippen LogP contribution is 2.45. The normalized spacial score (nSPS) is 19.5. The first-order valence-corrected chi connectivity index (χ1v) is 21.4. The zero-order chi connectivity index (χ0) is 43.9. The van der Waals surface area contributed by atoms with Crippen molar-refractivity contribution in [2.45, 2.75) is 115 Å². The molecule has 12 heteroatoms. The number of hydrogen-bond acceptors (Lipinski definition) is 9. The molecule has 3 aromatic rings. The molecule has 0 spiro atoms. The monoisotopic (exact) mass is 826 g/mol. The fraction of sp³-hybridized carbons (Fsp3) is 0.542. The van der Waals surface area contributed by atoms with Crippen LogP contribution in [-0.2, 0) is 33.4 Å². The third-order valence-electron chi connectivity index (χ3n) is 13.2. The molecule has 0 bridgehead atoms. The quantitative estimate of drug-likeness (QED) is 0.0995. The van der Waals surface area contributed by atoms with E-state index in [0.29, 0.717) is 24.9 Å². The number of ether oxygens (including phenoxy) is 3. The van der Waals surface area contributed by atoms with Gasteiger partial charge in [-0.05, 0) is 59.4 Å². The summed E-state index contributed by atoms with van der Waals surface area (Å²) in [6.45, 7) is 11.5. The van der Waals surface area contributed by atoms with Crippen LogP contribution in [0.3, 0.4) is 0 Å². The number of carbonyl (C=O) groups is 4. The Kier molecular flexibility index (Phi) is 15.7. The van der Waals surface area contributed by atoms with Gasteiger partial charge in [-0.25, -0.2) is 4.79 Å². The first-order valence-electron chi connectivity index (χ1n) is 21.4. The average molecular weight is 827 g/mol. The van der Waals surface area contributed by atoms with E-state index in [2.05, 4.69) is 17.4 Å². The number of aliphatic hydroxyl groups is 1. The van der Waals surface area contributed by atoms with Gasteiger partial charge in [0.2, 0.25) is 11.8 Å². The summed E-state index contributed by atoms with van der Waals surface area (Å²) in [5, 5.41) is 13.8. The third-order valence-corrected chi connectivity index (χ3v) is 13.2. The molecule has 2 aliphatic rings. The van der Waals surface area contributed by atoms with Crippen LogP contribution in [0.1, 0.15) is 95.9 Å². The Labute approximate surface area is 356 Å². The van der Waals surface area contributed by atoms with E-state index < -0.39 is 59.6 Å². The minimum Gasteiger partial charge on any atom is -0.463 e. The van der Waals surface area contributed by atoms with Crippen LogP contribution < -0.4 is 11.1 Å². The predicted octanol–water partition coefficient (Wildman–Crippen LogP) is 5.85. The minimum absolute atomic E-state index is 0.0218. The zero-order valence-corrected chi connectivity index (χ0v) is 36.8. The van der Waals surface area contributed by atoms with Gasteiger partial charge in [0.1, 0.15) is 6.61 Å². The number of nitrogens with one attached hydrogen (secondary N) is 1. The van der Waals surface area contributed by atoms with E-state index in [0.717, 1.165) is 28.7 Å². The van der Waals surface area contributed by atoms with E-state index in [-0.39, 0.29) is 42.7 Å². The largest absolute Gasteiger partial charge is 0.463 e. The summed E-state index contributed by atoms with van der Waals surface area (Å²) in [5.41, 5.74) is 9.84. The number of nitrogens with two attached hydrogens (primary N) is 1. The zero-order valence-electron chi connectivity index (χ0n) is 36.8. The maximum atomic E-state index is 14.7. The second-order valence-corrected chi connectivity index (χ2v) is 17.1. The van der Waals surface area contributed by atoms with Crippen molar-refractivity contribution >= 4 is 23.7 Å². The SMILES string of the molecule is CC[C@H](C)[C@@H]([C@@H](CC(=O)N1CCC[C@H]1[C@H](OC)[C@@H](C)C(=O)N[C@H](C)[C@@H](O)c1ccccc1)OC)N(C)C(=O)[C@](N)(C(=O)OCC1c2ccccc2-c2ccccc21)C(C)C. The number of nitrogens with zero attached hydrogens (tertiary/aromatic N) is 2. The second-order valence-electron chi connectivity index (χ2n) is 17.1. The Hall–Kier alpha value is -4.62. The van der Waals surface area contributed by atoms with Gasteiger partial charge in [0, 0.05) is 33.7 Å². The number of benzene rings is 3. The average Bonchev–Trinajstić information content (AvgIpc) is 3.87. The topological polar surface area (TPSA) is 161 Å². The van der Waals surface area contributed by atoms with Gasteiger partial charge in [-0.1, -0.05) is 120 Å². The molecule has 3 amide bonds. The van der Waals surface area contributed by atoms with Crippen LogP contribution in [0.5, 0.6) is 0 Å². The molecule has 0 unspecified atom stereocenters. The van der Waals surface area contributed by atoms with Gasteiger partial charge in [0.05, 0.1) is 48.8 Å². The molecule has 9 atom stereocenters. The molecule has 1 aliphatic carbocycles. The van der Waals surface area contributed by atoms with Crippen LogP contribution in [0.2, 0.25) is 0 Å². The standard InChI is InChI=1S/C48H66N4O8/c1-10-30(4)42(51(7)46(56)48(49,29(2)3)47(57)60-28-38-36-23-16-14-21-34(36)35-22-15-17-24-37(35)38)40(58-8)27-41(53)52-26-18-25-39(52)44(59-9)31(5)45(55)50-32(6)43(54)33-19-12-11-13-20-33/h11-17,19-24,29-32,38-40,42-44,54H,10,18,25-28,49H2,1-9H3,(H,50,55)/t30-,31+,32+,39-,40+,42-,43+,44+,48-/m0/s1. The Balaban J connectivity index is 1.29. The molecule has 4 N–H and O–H groups in total. The van der Waals surface area contributed by atoms with Gasteiger partial charge in [-0.2, -0.15) is 0 Å². The van der Waals surface area contributed by atoms with Crippen molar-refractivity contribution in [2.75, 3.05) is 34.4 Å². The number of aliphatic hydroxyl groups excluding tert-OH is 1. The summed E-state index contributed by atoms with van der Waals surface area (Å²) in [6.07, 6.45) is -0.296. The number of amides is 3. The smallest absolute Gasteiger partial charge is 0.336 e. The highest BCUT2D eigenvalue weighted by atomic mass is 16.5. The number of fused-ring (bicyclic) bond motifs is 3. The lowest BCUT2D eigenvalue weighted by Gasteiger charge is -2.42. The van der Waals surface area contributed by atoms with Crippen LogP contribution in [0.4, 0.5) is 0 Å². The maximum Gasteiger partial charge on any atom is 0.336 e. The second kappa shape index (κ2) is 20.3. The van der Waals surface area contributed by atoms with Crippen molar-refractivity contribution in [2.24, 2.45) is 23.5 Å². The number of methoxy groups -OCH3 is 2. The van der Waals surface area contributed by atoms with E-state index in [1.165, 1.54) is 12.0 Å². The number of carbonyl (C=O) groups excluding carboxylic acids is 4. The van der Waals surface area contributed by atoms with Crippen molar-refractivity contribution in [3.63, 3.8) is 0 Å². The summed E-state index contributed by atoms with van der Waals surface area (Å²) < 4.78 is 18.0. The van der Waals surface area contributed by atoms with Crippen molar-refractivity contribution in [1.29, 1.82) is 0 Å². The van der Waals surface area contributed by atoms with Gasteiger partial charge in [0.15, 0.2) is 5.54 Å². The predicted molar refractivity (Wildman–Crippen MR) is 232 cm³/mol. The molecule has 12 nitrogen and oxygen atoms in total. The van der Waals surface area contributed by atoms with E-state index in [4.69, 9.17) is 19.9 Å². The Bertz CT molecular complexity index is 1900. The molecular formula is C48H66N4O8. The van der Waals surface area contributed by atoms with E-state index in [1.54, 1.807) is 46.8 Å². The molecule has 1 heterocycles. The number of likely N-dealkylation sites (tertiary alicyclic amines) is 1. The number of rotatable bonds is 19. The number of esters is 1. The fourth-order valence-corrected chi connectivity index (χ4v) is 9.25. The van der Waals surface area contributed by atoms with Gasteiger partial charge >= 0.3 is 5.97 Å². The first-order chi connectivity index (χ1) is 28.6. The van der Waals surface area contributed by atoms with Crippen LogP contribution in [-0.4, -0.2) is 109 Å². The molecule has 1 aliphatic heterocycles. The molecule has 1 saturated heterocycles. The van der Waals surface area contributed by atoms with Crippen molar-refractivity contribution in [3.8, 4) is 11.1 Å². The van der Waals surface area contributed by atoms with Crippen molar-refractivity contribution in [3.05, 3.63) is 95.6 Å². The minimum atomic E-state index is -2.02. The maximum absolute atomic E-state index is 14.7. The number of likely N-dealkylation sites (N-methyl/N-ethyl adjacent to an activating group) is 1. The Morgan fingerprint density at radius 2 is 1.48 bits per heavy atom. The molecule has 0 aromatic heterocycles. The third kappa shape index (κ3) is 9.47. The first kappa shape index (κ1) is 46.4. The van der Waals surface area contributed by atoms with Crippen molar-refractivity contribution in [1.82, 2.24) is 15.1 Å². The molecule has 3 aromatic carbocycles.